The van der Waals surface area contributed by atoms with Gasteiger partial charge in [0, 0.05) is 25.6 Å². The van der Waals surface area contributed by atoms with E-state index in [2.05, 4.69) is 11.4 Å². The minimum atomic E-state index is -0.673. The van der Waals surface area contributed by atoms with Gasteiger partial charge in [-0.2, -0.15) is 5.26 Å². The average Bonchev–Trinajstić information content (AvgIpc) is 3.02. The third-order valence-electron chi connectivity index (χ3n) is 3.88. The van der Waals surface area contributed by atoms with Crippen molar-refractivity contribution in [2.24, 2.45) is 5.92 Å². The van der Waals surface area contributed by atoms with Crippen LogP contribution in [-0.2, 0) is 15.0 Å². The Labute approximate surface area is 120 Å². The summed E-state index contributed by atoms with van der Waals surface area (Å²) in [5.41, 5.74) is 0.311. The van der Waals surface area contributed by atoms with E-state index in [1.807, 2.05) is 37.4 Å². The van der Waals surface area contributed by atoms with Crippen molar-refractivity contribution in [3.63, 3.8) is 0 Å². The minimum absolute atomic E-state index is 0.512. The second-order valence-corrected chi connectivity index (χ2v) is 5.19. The molecular weight excluding hydrogens is 252 g/mol. The molecule has 4 nitrogen and oxygen atoms in total. The SMILES string of the molecule is CNC(C#N)(CCOCC1CCOC1)c1ccccc1. The second-order valence-electron chi connectivity index (χ2n) is 5.19. The average molecular weight is 274 g/mol. The van der Waals surface area contributed by atoms with Crippen LogP contribution in [0.4, 0.5) is 0 Å². The molecular formula is C16H22N2O2. The molecule has 4 heteroatoms. The molecule has 0 bridgehead atoms. The first kappa shape index (κ1) is 15.0. The lowest BCUT2D eigenvalue weighted by Crippen LogP contribution is -2.39. The smallest absolute Gasteiger partial charge is 0.134 e. The molecule has 1 aliphatic heterocycles. The predicted octanol–water partition coefficient (Wildman–Crippen LogP) is 2.07. The summed E-state index contributed by atoms with van der Waals surface area (Å²) < 4.78 is 11.0. The normalized spacial score (nSPS) is 21.3. The first-order valence-electron chi connectivity index (χ1n) is 7.12. The number of ether oxygens (including phenoxy) is 2. The van der Waals surface area contributed by atoms with Gasteiger partial charge in [0.25, 0.3) is 0 Å². The number of hydrogen-bond donors (Lipinski definition) is 1. The zero-order chi connectivity index (χ0) is 14.3. The van der Waals surface area contributed by atoms with Gasteiger partial charge >= 0.3 is 0 Å². The molecule has 0 radical (unpaired) electrons. The second kappa shape index (κ2) is 7.39. The Morgan fingerprint density at radius 2 is 2.25 bits per heavy atom. The molecule has 0 spiro atoms. The van der Waals surface area contributed by atoms with Crippen LogP contribution in [0.15, 0.2) is 30.3 Å². The Hall–Kier alpha value is -1.41. The van der Waals surface area contributed by atoms with Gasteiger partial charge in [0.05, 0.1) is 19.3 Å². The molecule has 0 saturated carbocycles. The number of nitrogens with one attached hydrogen (secondary N) is 1. The van der Waals surface area contributed by atoms with E-state index in [0.717, 1.165) is 31.8 Å². The molecule has 2 atom stereocenters. The predicted molar refractivity (Wildman–Crippen MR) is 77.2 cm³/mol. The maximum Gasteiger partial charge on any atom is 0.134 e. The monoisotopic (exact) mass is 274 g/mol. The van der Waals surface area contributed by atoms with Crippen LogP contribution in [0.25, 0.3) is 0 Å². The number of rotatable bonds is 7. The number of nitriles is 1. The fraction of sp³-hybridized carbons (Fsp3) is 0.562. The Kier molecular flexibility index (Phi) is 5.54. The fourth-order valence-electron chi connectivity index (χ4n) is 2.50. The standard InChI is InChI=1S/C16H22N2O2/c1-18-16(13-17,15-5-3-2-4-6-15)8-10-20-12-14-7-9-19-11-14/h2-6,14,18H,7-12H2,1H3. The summed E-state index contributed by atoms with van der Waals surface area (Å²) in [5, 5.41) is 12.7. The highest BCUT2D eigenvalue weighted by Gasteiger charge is 2.30. The zero-order valence-corrected chi connectivity index (χ0v) is 12.0. The lowest BCUT2D eigenvalue weighted by atomic mass is 9.88. The molecule has 108 valence electrons. The van der Waals surface area contributed by atoms with Crippen molar-refractivity contribution in [2.45, 2.75) is 18.4 Å². The van der Waals surface area contributed by atoms with E-state index < -0.39 is 5.54 Å². The highest BCUT2D eigenvalue weighted by molar-refractivity contribution is 5.31. The maximum absolute atomic E-state index is 9.55. The van der Waals surface area contributed by atoms with E-state index in [1.54, 1.807) is 0 Å². The summed E-state index contributed by atoms with van der Waals surface area (Å²) in [4.78, 5) is 0. The van der Waals surface area contributed by atoms with E-state index >= 15 is 0 Å². The Morgan fingerprint density at radius 1 is 1.45 bits per heavy atom. The largest absolute Gasteiger partial charge is 0.381 e. The van der Waals surface area contributed by atoms with Crippen LogP contribution in [0.3, 0.4) is 0 Å². The first-order chi connectivity index (χ1) is 9.80. The van der Waals surface area contributed by atoms with Crippen molar-refractivity contribution in [3.8, 4) is 6.07 Å². The van der Waals surface area contributed by atoms with Gasteiger partial charge in [-0.15, -0.1) is 0 Å². The zero-order valence-electron chi connectivity index (χ0n) is 12.0. The molecule has 0 aromatic heterocycles. The lowest BCUT2D eigenvalue weighted by molar-refractivity contribution is 0.0788. The molecule has 20 heavy (non-hydrogen) atoms. The number of nitrogens with zero attached hydrogens (tertiary/aromatic N) is 1. The number of hydrogen-bond acceptors (Lipinski definition) is 4. The third kappa shape index (κ3) is 3.57. The molecule has 1 heterocycles. The molecule has 1 aromatic rings. The lowest BCUT2D eigenvalue weighted by Gasteiger charge is -2.26. The Morgan fingerprint density at radius 3 is 2.85 bits per heavy atom. The molecule has 0 aliphatic carbocycles. The Balaban J connectivity index is 1.87. The summed E-state index contributed by atoms with van der Waals surface area (Å²) in [6.07, 6.45) is 1.71. The highest BCUT2D eigenvalue weighted by Crippen LogP contribution is 2.24. The van der Waals surface area contributed by atoms with Crippen molar-refractivity contribution in [3.05, 3.63) is 35.9 Å². The van der Waals surface area contributed by atoms with Gasteiger partial charge < -0.3 is 9.47 Å². The van der Waals surface area contributed by atoms with E-state index in [4.69, 9.17) is 9.47 Å². The summed E-state index contributed by atoms with van der Waals surface area (Å²) in [7, 11) is 1.82. The van der Waals surface area contributed by atoms with Crippen molar-refractivity contribution < 1.29 is 9.47 Å². The molecule has 1 saturated heterocycles. The summed E-state index contributed by atoms with van der Waals surface area (Å²) >= 11 is 0. The van der Waals surface area contributed by atoms with Crippen molar-refractivity contribution >= 4 is 0 Å². The minimum Gasteiger partial charge on any atom is -0.381 e. The molecule has 2 unspecified atom stereocenters. The third-order valence-corrected chi connectivity index (χ3v) is 3.88. The van der Waals surface area contributed by atoms with Crippen molar-refractivity contribution in [1.29, 1.82) is 5.26 Å². The van der Waals surface area contributed by atoms with Gasteiger partial charge in [-0.3, -0.25) is 5.32 Å². The van der Waals surface area contributed by atoms with Crippen LogP contribution >= 0.6 is 0 Å². The van der Waals surface area contributed by atoms with Crippen LogP contribution in [0.2, 0.25) is 0 Å². The van der Waals surface area contributed by atoms with Gasteiger partial charge in [-0.05, 0) is 19.0 Å². The van der Waals surface area contributed by atoms with E-state index in [9.17, 15) is 5.26 Å². The van der Waals surface area contributed by atoms with Crippen LogP contribution in [-0.4, -0.2) is 33.5 Å². The van der Waals surface area contributed by atoms with E-state index in [1.165, 1.54) is 0 Å². The maximum atomic E-state index is 9.55. The summed E-state index contributed by atoms with van der Waals surface area (Å²) in [6.45, 7) is 2.94. The molecule has 1 fully saturated rings. The van der Waals surface area contributed by atoms with Gasteiger partial charge in [0.2, 0.25) is 0 Å². The van der Waals surface area contributed by atoms with Gasteiger partial charge in [0.1, 0.15) is 5.54 Å². The van der Waals surface area contributed by atoms with E-state index in [-0.39, 0.29) is 0 Å². The first-order valence-corrected chi connectivity index (χ1v) is 7.12. The van der Waals surface area contributed by atoms with Crippen LogP contribution in [0, 0.1) is 17.2 Å². The Bertz CT molecular complexity index is 438. The molecule has 1 aliphatic rings. The topological polar surface area (TPSA) is 54.3 Å². The van der Waals surface area contributed by atoms with Crippen LogP contribution in [0.5, 0.6) is 0 Å². The van der Waals surface area contributed by atoms with Crippen LogP contribution in [0.1, 0.15) is 18.4 Å². The van der Waals surface area contributed by atoms with Crippen molar-refractivity contribution in [2.75, 3.05) is 33.5 Å². The quantitative estimate of drug-likeness (QED) is 0.773. The molecule has 2 rings (SSSR count). The van der Waals surface area contributed by atoms with Crippen molar-refractivity contribution in [1.82, 2.24) is 5.32 Å². The number of benzene rings is 1. The van der Waals surface area contributed by atoms with E-state index in [0.29, 0.717) is 18.9 Å². The molecule has 0 amide bonds. The fourth-order valence-corrected chi connectivity index (χ4v) is 2.50. The van der Waals surface area contributed by atoms with Gasteiger partial charge in [0.15, 0.2) is 0 Å². The summed E-state index contributed by atoms with van der Waals surface area (Å²) in [5.74, 6) is 0.512. The van der Waals surface area contributed by atoms with Gasteiger partial charge in [-0.1, -0.05) is 30.3 Å². The van der Waals surface area contributed by atoms with Crippen LogP contribution < -0.4 is 5.32 Å². The van der Waals surface area contributed by atoms with Gasteiger partial charge in [-0.25, -0.2) is 0 Å². The highest BCUT2D eigenvalue weighted by atomic mass is 16.5. The summed E-state index contributed by atoms with van der Waals surface area (Å²) in [6, 6.07) is 12.2. The molecule has 1 N–H and O–H groups in total. The molecule has 1 aromatic carbocycles.